The Bertz CT molecular complexity index is 356. The predicted molar refractivity (Wildman–Crippen MR) is 64.6 cm³/mol. The summed E-state index contributed by atoms with van der Waals surface area (Å²) in [5.41, 5.74) is 0.869. The molecule has 0 saturated heterocycles. The normalized spacial score (nSPS) is 12.2. The third kappa shape index (κ3) is 11.1. The van der Waals surface area contributed by atoms with E-state index >= 15 is 0 Å². The van der Waals surface area contributed by atoms with Gasteiger partial charge in [0.25, 0.3) is 0 Å². The van der Waals surface area contributed by atoms with Crippen molar-refractivity contribution in [3.63, 3.8) is 0 Å². The summed E-state index contributed by atoms with van der Waals surface area (Å²) in [5.74, 6) is -2.00. The van der Waals surface area contributed by atoms with Gasteiger partial charge in [-0.05, 0) is 32.4 Å². The highest BCUT2D eigenvalue weighted by atomic mass is 17.1. The lowest BCUT2D eigenvalue weighted by atomic mass is 10.2. The molecule has 0 aliphatic carbocycles. The summed E-state index contributed by atoms with van der Waals surface area (Å²) in [7, 11) is 0. The Morgan fingerprint density at radius 3 is 1.84 bits per heavy atom. The molecule has 0 heterocycles. The van der Waals surface area contributed by atoms with Gasteiger partial charge in [0.1, 0.15) is 13.2 Å². The largest absolute Gasteiger partial charge is 0.478 e. The van der Waals surface area contributed by atoms with Crippen LogP contribution in [-0.2, 0) is 19.4 Å². The molecular formula is C11H18O8. The quantitative estimate of drug-likeness (QED) is 0.325. The number of rotatable bonds is 6. The highest BCUT2D eigenvalue weighted by Gasteiger charge is 2.04. The van der Waals surface area contributed by atoms with Crippen molar-refractivity contribution in [1.82, 2.24) is 0 Å². The molecule has 0 atom stereocenters. The lowest BCUT2D eigenvalue weighted by Crippen LogP contribution is -2.03. The van der Waals surface area contributed by atoms with Crippen LogP contribution in [0.15, 0.2) is 22.8 Å². The minimum atomic E-state index is -1.01. The summed E-state index contributed by atoms with van der Waals surface area (Å²) in [5, 5.41) is 32.3. The Morgan fingerprint density at radius 1 is 1.00 bits per heavy atom. The van der Waals surface area contributed by atoms with Gasteiger partial charge in [-0.3, -0.25) is 10.5 Å². The number of aliphatic carboxylic acids is 2. The minimum Gasteiger partial charge on any atom is -0.478 e. The second-order valence-corrected chi connectivity index (χ2v) is 3.47. The van der Waals surface area contributed by atoms with E-state index in [9.17, 15) is 9.59 Å². The van der Waals surface area contributed by atoms with E-state index in [1.807, 2.05) is 0 Å². The molecule has 0 aliphatic heterocycles. The van der Waals surface area contributed by atoms with E-state index in [-0.39, 0.29) is 24.4 Å². The Kier molecular flexibility index (Phi) is 11.7. The molecular weight excluding hydrogens is 260 g/mol. The van der Waals surface area contributed by atoms with Gasteiger partial charge < -0.3 is 10.2 Å². The van der Waals surface area contributed by atoms with Gasteiger partial charge in [-0.1, -0.05) is 0 Å². The fraction of sp³-hybridized carbons (Fsp3) is 0.455. The van der Waals surface area contributed by atoms with Gasteiger partial charge in [-0.15, -0.1) is 0 Å². The number of carboxylic acids is 2. The number of carbonyl (C=O) groups is 2. The van der Waals surface area contributed by atoms with Crippen LogP contribution in [0.25, 0.3) is 0 Å². The molecule has 0 saturated carbocycles. The average molecular weight is 278 g/mol. The fourth-order valence-corrected chi connectivity index (χ4v) is 0.637. The van der Waals surface area contributed by atoms with Crippen molar-refractivity contribution in [2.75, 3.05) is 13.2 Å². The first-order chi connectivity index (χ1) is 8.77. The zero-order chi connectivity index (χ0) is 15.4. The molecule has 110 valence electrons. The van der Waals surface area contributed by atoms with E-state index in [0.29, 0.717) is 5.57 Å². The zero-order valence-corrected chi connectivity index (χ0v) is 10.9. The molecule has 0 amide bonds. The molecule has 0 aliphatic rings. The molecule has 0 rings (SSSR count). The Balaban J connectivity index is 0. The summed E-state index contributed by atoms with van der Waals surface area (Å²) in [6, 6.07) is 0. The third-order valence-electron chi connectivity index (χ3n) is 2.04. The molecule has 0 bridgehead atoms. The monoisotopic (exact) mass is 278 g/mol. The topological polar surface area (TPSA) is 134 Å². The molecule has 0 radical (unpaired) electrons. The standard InChI is InChI=1S/C6H10O4.C5H8O4/c1-4(3-10-9)5(2)6(7)8;1-4(5(6)7)2-3-9-8/h9H,3H2,1-2H3,(H,7,8);2,8H,3H2,1H3,(H,6,7)/b5-4+;4-2+. The van der Waals surface area contributed by atoms with Gasteiger partial charge in [0, 0.05) is 11.1 Å². The molecule has 0 aromatic rings. The summed E-state index contributed by atoms with van der Waals surface area (Å²) in [6.45, 7) is 4.31. The van der Waals surface area contributed by atoms with E-state index in [0.717, 1.165) is 0 Å². The summed E-state index contributed by atoms with van der Waals surface area (Å²) in [4.78, 5) is 27.6. The van der Waals surface area contributed by atoms with Gasteiger partial charge in [0.05, 0.1) is 0 Å². The highest BCUT2D eigenvalue weighted by molar-refractivity contribution is 5.86. The van der Waals surface area contributed by atoms with Crippen LogP contribution in [0.2, 0.25) is 0 Å². The van der Waals surface area contributed by atoms with E-state index in [1.54, 1.807) is 6.92 Å². The molecule has 0 unspecified atom stereocenters. The van der Waals surface area contributed by atoms with Crippen molar-refractivity contribution in [2.45, 2.75) is 20.8 Å². The average Bonchev–Trinajstić information content (AvgIpc) is 2.35. The van der Waals surface area contributed by atoms with E-state index < -0.39 is 11.9 Å². The van der Waals surface area contributed by atoms with Gasteiger partial charge in [0.2, 0.25) is 0 Å². The molecule has 8 nitrogen and oxygen atoms in total. The van der Waals surface area contributed by atoms with Crippen molar-refractivity contribution >= 4 is 11.9 Å². The van der Waals surface area contributed by atoms with Crippen molar-refractivity contribution in [2.24, 2.45) is 0 Å². The van der Waals surface area contributed by atoms with Gasteiger partial charge in [0.15, 0.2) is 0 Å². The molecule has 8 heteroatoms. The van der Waals surface area contributed by atoms with Gasteiger partial charge in [-0.2, -0.15) is 0 Å². The minimum absolute atomic E-state index is 0.0574. The Labute approximate surface area is 110 Å². The van der Waals surface area contributed by atoms with E-state index in [1.165, 1.54) is 19.9 Å². The van der Waals surface area contributed by atoms with Crippen LogP contribution in [-0.4, -0.2) is 45.9 Å². The third-order valence-corrected chi connectivity index (χ3v) is 2.04. The SMILES string of the molecule is C/C(=C\COO)C(=O)O.C/C(COO)=C(/C)C(=O)O. The maximum atomic E-state index is 10.2. The summed E-state index contributed by atoms with van der Waals surface area (Å²) >= 11 is 0. The number of hydrogen-bond acceptors (Lipinski definition) is 6. The van der Waals surface area contributed by atoms with Crippen molar-refractivity contribution in [1.29, 1.82) is 0 Å². The molecule has 0 aromatic carbocycles. The second kappa shape index (κ2) is 11.4. The summed E-state index contributed by atoms with van der Waals surface area (Å²) < 4.78 is 0. The second-order valence-electron chi connectivity index (χ2n) is 3.47. The van der Waals surface area contributed by atoms with Crippen LogP contribution in [0.4, 0.5) is 0 Å². The first kappa shape index (κ1) is 19.6. The maximum absolute atomic E-state index is 10.2. The fourth-order valence-electron chi connectivity index (χ4n) is 0.637. The summed E-state index contributed by atoms with van der Waals surface area (Å²) in [6.07, 6.45) is 1.27. The molecule has 0 fully saturated rings. The first-order valence-corrected chi connectivity index (χ1v) is 5.10. The first-order valence-electron chi connectivity index (χ1n) is 5.10. The number of carboxylic acid groups (broad SMARTS) is 2. The van der Waals surface area contributed by atoms with E-state index in [2.05, 4.69) is 9.78 Å². The van der Waals surface area contributed by atoms with Crippen molar-refractivity contribution in [3.8, 4) is 0 Å². The molecule has 0 spiro atoms. The molecule has 0 aromatic heterocycles. The number of hydrogen-bond donors (Lipinski definition) is 4. The van der Waals surface area contributed by atoms with Crippen LogP contribution >= 0.6 is 0 Å². The lowest BCUT2D eigenvalue weighted by Gasteiger charge is -1.99. The van der Waals surface area contributed by atoms with Gasteiger partial charge in [-0.25, -0.2) is 19.4 Å². The Morgan fingerprint density at radius 2 is 1.53 bits per heavy atom. The smallest absolute Gasteiger partial charge is 0.331 e. The lowest BCUT2D eigenvalue weighted by molar-refractivity contribution is -0.234. The van der Waals surface area contributed by atoms with Crippen LogP contribution in [0.1, 0.15) is 20.8 Å². The van der Waals surface area contributed by atoms with Crippen molar-refractivity contribution < 1.29 is 40.1 Å². The highest BCUT2D eigenvalue weighted by Crippen LogP contribution is 2.02. The maximum Gasteiger partial charge on any atom is 0.331 e. The van der Waals surface area contributed by atoms with Gasteiger partial charge >= 0.3 is 11.9 Å². The van der Waals surface area contributed by atoms with Crippen LogP contribution in [0.5, 0.6) is 0 Å². The molecule has 19 heavy (non-hydrogen) atoms. The zero-order valence-electron chi connectivity index (χ0n) is 10.9. The van der Waals surface area contributed by atoms with Crippen molar-refractivity contribution in [3.05, 3.63) is 22.8 Å². The van der Waals surface area contributed by atoms with Crippen LogP contribution in [0.3, 0.4) is 0 Å². The van der Waals surface area contributed by atoms with E-state index in [4.69, 9.17) is 20.7 Å². The van der Waals surface area contributed by atoms with Crippen LogP contribution in [0, 0.1) is 0 Å². The van der Waals surface area contributed by atoms with Crippen LogP contribution < -0.4 is 0 Å². The Hall–Kier alpha value is -1.74. The predicted octanol–water partition coefficient (Wildman–Crippen LogP) is 1.40. The molecule has 4 N–H and O–H groups in total.